The molecule has 27 atom stereocenters. The zero-order chi connectivity index (χ0) is 58.6. The van der Waals surface area contributed by atoms with Crippen LogP contribution in [0.1, 0.15) is 38.5 Å². The first kappa shape index (κ1) is 71.1. The summed E-state index contributed by atoms with van der Waals surface area (Å²) in [5, 5.41) is 286. The van der Waals surface area contributed by atoms with E-state index in [1.807, 2.05) is 0 Å². The molecule has 0 saturated carbocycles. The molecule has 27 unspecified atom stereocenters. The molecular weight excluding hydrogens is 1060 g/mol. The predicted octanol–water partition coefficient (Wildman–Crippen LogP) is -13.7. The summed E-state index contributed by atoms with van der Waals surface area (Å²) in [4.78, 5) is 0. The number of ether oxygens (including phenoxy) is 8. The van der Waals surface area contributed by atoms with Gasteiger partial charge in [-0.05, 0) is 32.1 Å². The van der Waals surface area contributed by atoms with Gasteiger partial charge in [-0.3, -0.25) is 0 Å². The first-order valence-corrected chi connectivity index (χ1v) is 24.1. The minimum absolute atomic E-state index is 0.682. The van der Waals surface area contributed by atoms with Crippen LogP contribution < -0.4 is 0 Å². The highest BCUT2D eigenvalue weighted by atomic mass is 16.7. The van der Waals surface area contributed by atoms with Gasteiger partial charge in [0.05, 0.1) is 37.1 Å². The molecule has 3 rings (SSSR count). The minimum atomic E-state index is -2.80. The third-order valence-electron chi connectivity index (χ3n) is 12.4. The second kappa shape index (κ2) is 35.1. The average molecular weight is 1150 g/mol. The van der Waals surface area contributed by atoms with E-state index in [4.69, 9.17) is 37.9 Å². The third-order valence-corrected chi connectivity index (χ3v) is 12.4. The van der Waals surface area contributed by atoms with Crippen molar-refractivity contribution in [1.29, 1.82) is 0 Å². The van der Waals surface area contributed by atoms with Gasteiger partial charge >= 0.3 is 0 Å². The summed E-state index contributed by atoms with van der Waals surface area (Å²) in [6, 6.07) is 0. The van der Waals surface area contributed by atoms with Crippen molar-refractivity contribution in [2.24, 2.45) is 0 Å². The Balaban J connectivity index is 2.68. The van der Waals surface area contributed by atoms with Gasteiger partial charge in [0.25, 0.3) is 0 Å². The van der Waals surface area contributed by atoms with Crippen molar-refractivity contribution in [2.45, 2.75) is 205 Å². The van der Waals surface area contributed by atoms with Crippen molar-refractivity contribution in [3.8, 4) is 0 Å². The Morgan fingerprint density at radius 2 is 0.545 bits per heavy atom. The Morgan fingerprint density at radius 1 is 0.260 bits per heavy atom. The van der Waals surface area contributed by atoms with Gasteiger partial charge in [0, 0.05) is 46.1 Å². The van der Waals surface area contributed by atoms with Crippen LogP contribution in [0.3, 0.4) is 0 Å². The van der Waals surface area contributed by atoms with Gasteiger partial charge in [-0.2, -0.15) is 0 Å². The van der Waals surface area contributed by atoms with Gasteiger partial charge < -0.3 is 176 Å². The number of fused-ring (bicyclic) bond motifs is 31. The number of hydrogen-bond acceptors (Lipinski definition) is 35. The SMILES string of the molecule is OCCC1OC(O)C(O)C(O)C(CCO)OC(O)C(O)C(O)C(CCO)OC(O)C(O)C(O)C(CCO)OC2OC(CO)C(OC(O)C(O)C(O)C(CCO)OC(O)C(O)C(O)C(CCO)OC(O)/C(O)=C/1O)C(O)C2O. The summed E-state index contributed by atoms with van der Waals surface area (Å²) in [6.45, 7) is -6.69. The fraction of sp³-hybridized carbons (Fsp3) is 0.952. The fourth-order valence-corrected chi connectivity index (χ4v) is 7.86. The lowest BCUT2D eigenvalue weighted by atomic mass is 9.97. The largest absolute Gasteiger partial charge is 0.506 e. The molecule has 0 aromatic heterocycles. The quantitative estimate of drug-likeness (QED) is 0.0814. The highest BCUT2D eigenvalue weighted by Crippen LogP contribution is 2.30. The maximum absolute atomic E-state index is 11.1. The van der Waals surface area contributed by atoms with Crippen molar-refractivity contribution in [3.63, 3.8) is 0 Å². The molecule has 3 aliphatic heterocycles. The molecule has 0 spiro atoms. The molecule has 77 heavy (non-hydrogen) atoms. The van der Waals surface area contributed by atoms with E-state index in [0.717, 1.165) is 0 Å². The molecule has 35 nitrogen and oxygen atoms in total. The molecule has 27 N–H and O–H groups in total. The van der Waals surface area contributed by atoms with Gasteiger partial charge in [-0.15, -0.1) is 0 Å². The molecule has 0 radical (unpaired) electrons. The van der Waals surface area contributed by atoms with Crippen LogP contribution in [0.4, 0.5) is 0 Å². The molecule has 1 saturated heterocycles. The van der Waals surface area contributed by atoms with Crippen LogP contribution >= 0.6 is 0 Å². The van der Waals surface area contributed by atoms with E-state index in [9.17, 15) is 138 Å². The number of aliphatic hydroxyl groups is 27. The van der Waals surface area contributed by atoms with Crippen LogP contribution in [0.25, 0.3) is 0 Å². The standard InChI is InChI=1S/C42H80O35/c43-7-1-14-21(50)29(58)37(65)72-16(3-9-45)23(52)31(60)39(67)74-18(5-11-47)25(54)33(62)41(69)77-35-20(13-49)76-42(34(63)27(35)56)75-19(6-12-48)26(55)32(61)40(68)73-17(4-10-46)24(53)30(59)38(66)71-15(2-8-44)22(51)28(57)36(64)70-14/h14-20,22-28,30-69H,1-13H2/b29-21+. The molecular formula is C42H80O35. The smallest absolute Gasteiger partial charge is 0.217 e. The first-order chi connectivity index (χ1) is 36.2. The first-order valence-electron chi connectivity index (χ1n) is 24.1. The Kier molecular flexibility index (Phi) is 32.4. The highest BCUT2D eigenvalue weighted by Gasteiger charge is 2.50. The summed E-state index contributed by atoms with van der Waals surface area (Å²) in [7, 11) is 0. The van der Waals surface area contributed by atoms with E-state index in [2.05, 4.69) is 0 Å². The van der Waals surface area contributed by atoms with E-state index in [1.165, 1.54) is 0 Å². The number of hydrogen-bond donors (Lipinski definition) is 27. The summed E-state index contributed by atoms with van der Waals surface area (Å²) in [5.74, 6) is -3.13. The lowest BCUT2D eigenvalue weighted by Crippen LogP contribution is -2.63. The Morgan fingerprint density at radius 3 is 0.870 bits per heavy atom. The summed E-state index contributed by atoms with van der Waals surface area (Å²) in [6.07, 6.45) is -69.0. The summed E-state index contributed by atoms with van der Waals surface area (Å²) >= 11 is 0. The topological polar surface area (TPSA) is 620 Å². The Bertz CT molecular complexity index is 1610. The van der Waals surface area contributed by atoms with E-state index < -0.39 is 262 Å². The summed E-state index contributed by atoms with van der Waals surface area (Å²) in [5.41, 5.74) is 0. The van der Waals surface area contributed by atoms with Gasteiger partial charge in [-0.25, -0.2) is 0 Å². The predicted molar refractivity (Wildman–Crippen MR) is 240 cm³/mol. The second-order valence-corrected chi connectivity index (χ2v) is 17.9. The maximum atomic E-state index is 11.1. The van der Waals surface area contributed by atoms with Crippen molar-refractivity contribution in [3.05, 3.63) is 11.5 Å². The van der Waals surface area contributed by atoms with Gasteiger partial charge in [-0.1, -0.05) is 0 Å². The molecule has 0 aromatic carbocycles. The van der Waals surface area contributed by atoms with Crippen molar-refractivity contribution in [2.75, 3.05) is 46.2 Å². The van der Waals surface area contributed by atoms with Crippen molar-refractivity contribution < 1.29 is 176 Å². The molecule has 2 bridgehead atoms. The van der Waals surface area contributed by atoms with Crippen molar-refractivity contribution >= 4 is 0 Å². The van der Waals surface area contributed by atoms with E-state index in [1.54, 1.807) is 0 Å². The van der Waals surface area contributed by atoms with Crippen LogP contribution in [-0.4, -0.2) is 350 Å². The minimum Gasteiger partial charge on any atom is -0.506 e. The monoisotopic (exact) mass is 1140 g/mol. The fourth-order valence-electron chi connectivity index (χ4n) is 7.86. The number of aliphatic hydroxyl groups excluding tert-OH is 27. The molecule has 0 aromatic rings. The molecule has 458 valence electrons. The van der Waals surface area contributed by atoms with Crippen molar-refractivity contribution in [1.82, 2.24) is 0 Å². The number of rotatable bonds is 13. The second-order valence-electron chi connectivity index (χ2n) is 17.9. The third kappa shape index (κ3) is 20.2. The lowest BCUT2D eigenvalue weighted by molar-refractivity contribution is -0.347. The van der Waals surface area contributed by atoms with Crippen LogP contribution in [0, 0.1) is 0 Å². The Hall–Kier alpha value is -1.98. The van der Waals surface area contributed by atoms with Crippen LogP contribution in [0.15, 0.2) is 11.5 Å². The Labute approximate surface area is 437 Å². The van der Waals surface area contributed by atoms with E-state index in [-0.39, 0.29) is 0 Å². The molecule has 0 amide bonds. The van der Waals surface area contributed by atoms with Gasteiger partial charge in [0.1, 0.15) is 91.6 Å². The molecule has 0 aliphatic carbocycles. The zero-order valence-electron chi connectivity index (χ0n) is 41.1. The van der Waals surface area contributed by atoms with Crippen LogP contribution in [-0.2, 0) is 37.9 Å². The average Bonchev–Trinajstić information content (AvgIpc) is 3.40. The molecule has 3 heterocycles. The van der Waals surface area contributed by atoms with Crippen LogP contribution in [0.2, 0.25) is 0 Å². The van der Waals surface area contributed by atoms with Gasteiger partial charge in [0.2, 0.25) is 6.29 Å². The highest BCUT2D eigenvalue weighted by molar-refractivity contribution is 5.07. The normalized spacial score (nSPS) is 45.3. The van der Waals surface area contributed by atoms with Gasteiger partial charge in [0.15, 0.2) is 49.3 Å². The summed E-state index contributed by atoms with van der Waals surface area (Å²) < 4.78 is 41.8. The van der Waals surface area contributed by atoms with Crippen LogP contribution in [0.5, 0.6) is 0 Å². The van der Waals surface area contributed by atoms with E-state index in [0.29, 0.717) is 0 Å². The molecule has 1 fully saturated rings. The zero-order valence-corrected chi connectivity index (χ0v) is 41.1. The maximum Gasteiger partial charge on any atom is 0.217 e. The van der Waals surface area contributed by atoms with E-state index >= 15 is 0 Å². The molecule has 3 aliphatic rings. The molecule has 35 heteroatoms. The lowest BCUT2D eigenvalue weighted by Gasteiger charge is -2.44.